The predicted octanol–water partition coefficient (Wildman–Crippen LogP) is 2.32. The lowest BCUT2D eigenvalue weighted by atomic mass is 9.77. The van der Waals surface area contributed by atoms with Crippen LogP contribution in [0, 0.1) is 5.92 Å². The van der Waals surface area contributed by atoms with Crippen LogP contribution in [0.1, 0.15) is 51.9 Å². The topological polar surface area (TPSA) is 18.5 Å². The third kappa shape index (κ3) is 3.55. The van der Waals surface area contributed by atoms with Crippen LogP contribution in [0.2, 0.25) is 0 Å². The van der Waals surface area contributed by atoms with Gasteiger partial charge in [-0.15, -0.1) is 0 Å². The lowest BCUT2D eigenvalue weighted by molar-refractivity contribution is 0.126. The zero-order chi connectivity index (χ0) is 13.9. The van der Waals surface area contributed by atoms with Crippen LogP contribution < -0.4 is 5.32 Å². The number of piperidine rings is 1. The standard InChI is InChI=1S/C17H33N3/c1-14-12-19(2)10-5-11-20(14)13-16-9-8-15-6-3-4-7-17(15)18-16/h14-18H,3-13H2,1-2H3. The average molecular weight is 279 g/mol. The molecular formula is C17H33N3. The summed E-state index contributed by atoms with van der Waals surface area (Å²) in [6.45, 7) is 7.48. The normalized spacial score (nSPS) is 41.1. The highest BCUT2D eigenvalue weighted by Crippen LogP contribution is 2.32. The van der Waals surface area contributed by atoms with Gasteiger partial charge >= 0.3 is 0 Å². The Morgan fingerprint density at radius 3 is 2.75 bits per heavy atom. The largest absolute Gasteiger partial charge is 0.310 e. The molecule has 116 valence electrons. The van der Waals surface area contributed by atoms with Crippen molar-refractivity contribution in [2.45, 2.75) is 70.0 Å². The molecule has 0 radical (unpaired) electrons. The highest BCUT2D eigenvalue weighted by atomic mass is 15.2. The number of hydrogen-bond acceptors (Lipinski definition) is 3. The van der Waals surface area contributed by atoms with Crippen LogP contribution in [0.25, 0.3) is 0 Å². The first-order chi connectivity index (χ1) is 9.72. The Morgan fingerprint density at radius 1 is 1.00 bits per heavy atom. The summed E-state index contributed by atoms with van der Waals surface area (Å²) >= 11 is 0. The van der Waals surface area contributed by atoms with Gasteiger partial charge in [0.1, 0.15) is 0 Å². The third-order valence-electron chi connectivity index (χ3n) is 5.88. The van der Waals surface area contributed by atoms with Gasteiger partial charge in [-0.1, -0.05) is 12.8 Å². The first kappa shape index (κ1) is 14.8. The number of likely N-dealkylation sites (N-methyl/N-ethyl adjacent to an activating group) is 1. The van der Waals surface area contributed by atoms with Crippen molar-refractivity contribution in [3.05, 3.63) is 0 Å². The van der Waals surface area contributed by atoms with Gasteiger partial charge in [0.15, 0.2) is 0 Å². The molecule has 1 saturated carbocycles. The first-order valence-corrected chi connectivity index (χ1v) is 8.91. The van der Waals surface area contributed by atoms with Crippen LogP contribution in [0.3, 0.4) is 0 Å². The van der Waals surface area contributed by atoms with Crippen molar-refractivity contribution in [1.82, 2.24) is 15.1 Å². The molecule has 0 aromatic heterocycles. The average Bonchev–Trinajstić information content (AvgIpc) is 2.60. The van der Waals surface area contributed by atoms with Crippen molar-refractivity contribution >= 4 is 0 Å². The molecule has 4 atom stereocenters. The van der Waals surface area contributed by atoms with Gasteiger partial charge in [0.05, 0.1) is 0 Å². The number of nitrogens with zero attached hydrogens (tertiary/aromatic N) is 2. The lowest BCUT2D eigenvalue weighted by Gasteiger charge is -2.42. The second-order valence-corrected chi connectivity index (χ2v) is 7.55. The molecular weight excluding hydrogens is 246 g/mol. The molecule has 0 bridgehead atoms. The fourth-order valence-electron chi connectivity index (χ4n) is 4.69. The van der Waals surface area contributed by atoms with Crippen LogP contribution in [0.5, 0.6) is 0 Å². The van der Waals surface area contributed by atoms with Crippen molar-refractivity contribution in [2.75, 3.05) is 33.2 Å². The van der Waals surface area contributed by atoms with Crippen LogP contribution in [0.4, 0.5) is 0 Å². The number of hydrogen-bond donors (Lipinski definition) is 1. The monoisotopic (exact) mass is 279 g/mol. The van der Waals surface area contributed by atoms with Crippen LogP contribution >= 0.6 is 0 Å². The summed E-state index contributed by atoms with van der Waals surface area (Å²) in [5.74, 6) is 0.993. The minimum absolute atomic E-state index is 0.716. The summed E-state index contributed by atoms with van der Waals surface area (Å²) in [6.07, 6.45) is 10.0. The van der Waals surface area contributed by atoms with E-state index in [1.54, 1.807) is 0 Å². The quantitative estimate of drug-likeness (QED) is 0.837. The molecule has 4 unspecified atom stereocenters. The molecule has 0 spiro atoms. The molecule has 3 aliphatic rings. The third-order valence-corrected chi connectivity index (χ3v) is 5.88. The number of rotatable bonds is 2. The van der Waals surface area contributed by atoms with E-state index in [0.717, 1.165) is 18.0 Å². The Bertz CT molecular complexity index is 307. The summed E-state index contributed by atoms with van der Waals surface area (Å²) in [7, 11) is 2.27. The predicted molar refractivity (Wildman–Crippen MR) is 85.1 cm³/mol. The van der Waals surface area contributed by atoms with E-state index in [1.807, 2.05) is 0 Å². The Kier molecular flexibility index (Phi) is 5.00. The molecule has 1 N–H and O–H groups in total. The Balaban J connectivity index is 1.52. The fraction of sp³-hybridized carbons (Fsp3) is 1.00. The SMILES string of the molecule is CC1CN(C)CCCN1CC1CCC2CCCCC2N1. The summed E-state index contributed by atoms with van der Waals surface area (Å²) in [4.78, 5) is 5.24. The molecule has 2 aliphatic heterocycles. The molecule has 3 heteroatoms. The number of fused-ring (bicyclic) bond motifs is 1. The first-order valence-electron chi connectivity index (χ1n) is 8.91. The summed E-state index contributed by atoms with van der Waals surface area (Å²) in [5.41, 5.74) is 0. The second kappa shape index (κ2) is 6.76. The minimum Gasteiger partial charge on any atom is -0.310 e. The van der Waals surface area contributed by atoms with Gasteiger partial charge in [0.2, 0.25) is 0 Å². The van der Waals surface area contributed by atoms with Gasteiger partial charge in [0.25, 0.3) is 0 Å². The molecule has 0 aromatic rings. The van der Waals surface area contributed by atoms with Gasteiger partial charge in [-0.25, -0.2) is 0 Å². The van der Waals surface area contributed by atoms with Crippen molar-refractivity contribution in [3.63, 3.8) is 0 Å². The van der Waals surface area contributed by atoms with Crippen molar-refractivity contribution < 1.29 is 0 Å². The zero-order valence-electron chi connectivity index (χ0n) is 13.5. The minimum atomic E-state index is 0.716. The van der Waals surface area contributed by atoms with Crippen molar-refractivity contribution in [1.29, 1.82) is 0 Å². The molecule has 1 aliphatic carbocycles. The maximum Gasteiger partial charge on any atom is 0.0197 e. The molecule has 20 heavy (non-hydrogen) atoms. The van der Waals surface area contributed by atoms with Crippen LogP contribution in [-0.4, -0.2) is 61.2 Å². The Hall–Kier alpha value is -0.120. The van der Waals surface area contributed by atoms with Gasteiger partial charge < -0.3 is 10.2 Å². The van der Waals surface area contributed by atoms with Crippen molar-refractivity contribution in [3.8, 4) is 0 Å². The lowest BCUT2D eigenvalue weighted by Crippen LogP contribution is -2.54. The molecule has 0 amide bonds. The van der Waals surface area contributed by atoms with E-state index in [0.29, 0.717) is 6.04 Å². The van der Waals surface area contributed by atoms with E-state index >= 15 is 0 Å². The van der Waals surface area contributed by atoms with Gasteiger partial charge in [-0.05, 0) is 65.1 Å². The zero-order valence-corrected chi connectivity index (χ0v) is 13.5. The van der Waals surface area contributed by atoms with E-state index in [-0.39, 0.29) is 0 Å². The Morgan fingerprint density at radius 2 is 1.85 bits per heavy atom. The van der Waals surface area contributed by atoms with E-state index in [2.05, 4.69) is 29.1 Å². The second-order valence-electron chi connectivity index (χ2n) is 7.55. The maximum absolute atomic E-state index is 4.00. The number of nitrogens with one attached hydrogen (secondary N) is 1. The van der Waals surface area contributed by atoms with E-state index < -0.39 is 0 Å². The molecule has 2 saturated heterocycles. The van der Waals surface area contributed by atoms with Gasteiger partial charge in [0, 0.05) is 31.2 Å². The van der Waals surface area contributed by atoms with E-state index in [4.69, 9.17) is 0 Å². The fourth-order valence-corrected chi connectivity index (χ4v) is 4.69. The maximum atomic E-state index is 4.00. The van der Waals surface area contributed by atoms with E-state index in [1.165, 1.54) is 71.1 Å². The summed E-state index contributed by atoms with van der Waals surface area (Å²) in [6, 6.07) is 2.31. The molecule has 0 aromatic carbocycles. The molecule has 3 nitrogen and oxygen atoms in total. The Labute approximate surface area is 125 Å². The van der Waals surface area contributed by atoms with Gasteiger partial charge in [-0.3, -0.25) is 4.90 Å². The summed E-state index contributed by atoms with van der Waals surface area (Å²) < 4.78 is 0. The molecule has 3 fully saturated rings. The highest BCUT2D eigenvalue weighted by Gasteiger charge is 2.33. The van der Waals surface area contributed by atoms with Gasteiger partial charge in [-0.2, -0.15) is 0 Å². The molecule has 2 heterocycles. The highest BCUT2D eigenvalue weighted by molar-refractivity contribution is 4.91. The summed E-state index contributed by atoms with van der Waals surface area (Å²) in [5, 5.41) is 4.00. The van der Waals surface area contributed by atoms with Crippen LogP contribution in [-0.2, 0) is 0 Å². The van der Waals surface area contributed by atoms with Crippen molar-refractivity contribution in [2.24, 2.45) is 5.92 Å². The smallest absolute Gasteiger partial charge is 0.0197 e. The molecule has 3 rings (SSSR count). The van der Waals surface area contributed by atoms with E-state index in [9.17, 15) is 0 Å². The van der Waals surface area contributed by atoms with Crippen LogP contribution in [0.15, 0.2) is 0 Å².